The molecule has 0 aliphatic carbocycles. The summed E-state index contributed by atoms with van der Waals surface area (Å²) in [6.07, 6.45) is 2.29. The molecule has 0 saturated carbocycles. The van der Waals surface area contributed by atoms with Crippen molar-refractivity contribution in [3.63, 3.8) is 0 Å². The molecule has 0 atom stereocenters. The van der Waals surface area contributed by atoms with Gasteiger partial charge in [-0.15, -0.1) is 0 Å². The summed E-state index contributed by atoms with van der Waals surface area (Å²) in [5.74, 6) is -1.73. The van der Waals surface area contributed by atoms with Gasteiger partial charge in [0.25, 0.3) is 0 Å². The van der Waals surface area contributed by atoms with Crippen LogP contribution in [0.5, 0.6) is 0 Å². The smallest absolute Gasteiger partial charge is 0.317 e. The highest BCUT2D eigenvalue weighted by Gasteiger charge is 2.37. The van der Waals surface area contributed by atoms with Gasteiger partial charge in [-0.25, -0.2) is 0 Å². The normalized spacial score (nSPS) is 10.8. The molecule has 0 spiro atoms. The second kappa shape index (κ2) is 17.3. The molecule has 6 N–H and O–H groups in total. The van der Waals surface area contributed by atoms with Crippen molar-refractivity contribution in [3.05, 3.63) is 42.0 Å². The second-order valence-electron chi connectivity index (χ2n) is 7.04. The van der Waals surface area contributed by atoms with E-state index in [9.17, 15) is 19.8 Å². The summed E-state index contributed by atoms with van der Waals surface area (Å²) in [4.78, 5) is 22.3. The number of aliphatic hydroxyl groups is 5. The average molecular weight is 459 g/mol. The third-order valence-corrected chi connectivity index (χ3v) is 5.04. The van der Waals surface area contributed by atoms with E-state index in [-0.39, 0.29) is 19.6 Å². The second-order valence-corrected chi connectivity index (χ2v) is 7.04. The first-order valence-corrected chi connectivity index (χ1v) is 10.3. The molecular formula is C23H38O9. The van der Waals surface area contributed by atoms with Crippen molar-refractivity contribution < 1.29 is 45.0 Å². The van der Waals surface area contributed by atoms with Crippen LogP contribution in [0.25, 0.3) is 6.08 Å². The Bertz CT molecular complexity index is 631. The highest BCUT2D eigenvalue weighted by Crippen LogP contribution is 2.23. The fourth-order valence-electron chi connectivity index (χ4n) is 2.16. The number of esters is 1. The van der Waals surface area contributed by atoms with Crippen LogP contribution in [0.4, 0.5) is 0 Å². The Balaban J connectivity index is 0. The zero-order chi connectivity index (χ0) is 25.2. The number of ether oxygens (including phenoxy) is 1. The molecule has 0 bridgehead atoms. The van der Waals surface area contributed by atoms with Crippen LogP contribution in [0.3, 0.4) is 0 Å². The molecule has 1 aromatic rings. The standard InChI is InChI=1S/C15H20O4.C6H12O4.C2H6O/c1-3-12-5-7-13(8-6-12)9-19-14(18)15(4-2,10-16)11-17;1-2-6(3-7,4-8)5(9)10;1-2-3/h3,5-8,16-17H,1,4,9-11H2,2H3;7-8H,2-4H2,1H3,(H,9,10);3H,2H2,1H3. The van der Waals surface area contributed by atoms with Crippen LogP contribution in [-0.4, -0.2) is 75.6 Å². The summed E-state index contributed by atoms with van der Waals surface area (Å²) in [6, 6.07) is 7.44. The molecule has 0 amide bonds. The lowest BCUT2D eigenvalue weighted by atomic mass is 9.87. The molecule has 0 saturated heterocycles. The number of rotatable bonds is 11. The maximum Gasteiger partial charge on any atom is 0.317 e. The maximum absolute atomic E-state index is 11.9. The Morgan fingerprint density at radius 2 is 1.28 bits per heavy atom. The van der Waals surface area contributed by atoms with Crippen molar-refractivity contribution in [1.29, 1.82) is 0 Å². The molecule has 9 nitrogen and oxygen atoms in total. The lowest BCUT2D eigenvalue weighted by Gasteiger charge is -2.25. The monoisotopic (exact) mass is 458 g/mol. The minimum absolute atomic E-state index is 0.123. The topological polar surface area (TPSA) is 165 Å². The molecule has 0 fully saturated rings. The maximum atomic E-state index is 11.9. The van der Waals surface area contributed by atoms with E-state index >= 15 is 0 Å². The lowest BCUT2D eigenvalue weighted by Crippen LogP contribution is -2.39. The van der Waals surface area contributed by atoms with E-state index in [1.807, 2.05) is 24.3 Å². The number of aliphatic hydroxyl groups excluding tert-OH is 5. The van der Waals surface area contributed by atoms with E-state index in [4.69, 9.17) is 25.2 Å². The summed E-state index contributed by atoms with van der Waals surface area (Å²) in [6.45, 7) is 7.17. The first kappa shape index (κ1) is 31.9. The fraction of sp³-hybridized carbons (Fsp3) is 0.565. The minimum Gasteiger partial charge on any atom is -0.481 e. The molecule has 0 heterocycles. The van der Waals surface area contributed by atoms with E-state index in [0.29, 0.717) is 6.42 Å². The molecule has 184 valence electrons. The molecule has 0 radical (unpaired) electrons. The third-order valence-electron chi connectivity index (χ3n) is 5.04. The van der Waals surface area contributed by atoms with E-state index < -0.39 is 49.2 Å². The van der Waals surface area contributed by atoms with Gasteiger partial charge in [-0.05, 0) is 30.9 Å². The van der Waals surface area contributed by atoms with Crippen LogP contribution in [-0.2, 0) is 20.9 Å². The van der Waals surface area contributed by atoms with Crippen LogP contribution >= 0.6 is 0 Å². The van der Waals surface area contributed by atoms with Crippen molar-refractivity contribution in [3.8, 4) is 0 Å². The van der Waals surface area contributed by atoms with Crippen LogP contribution < -0.4 is 0 Å². The van der Waals surface area contributed by atoms with Gasteiger partial charge in [-0.2, -0.15) is 0 Å². The predicted octanol–water partition coefficient (Wildman–Crippen LogP) is 1.20. The molecule has 0 unspecified atom stereocenters. The van der Waals surface area contributed by atoms with E-state index in [1.54, 1.807) is 26.8 Å². The van der Waals surface area contributed by atoms with Gasteiger partial charge in [0.05, 0.1) is 26.4 Å². The highest BCUT2D eigenvalue weighted by molar-refractivity contribution is 5.77. The minimum atomic E-state index is -1.35. The number of carboxylic acids is 1. The summed E-state index contributed by atoms with van der Waals surface area (Å²) in [7, 11) is 0. The van der Waals surface area contributed by atoms with Crippen LogP contribution in [0.2, 0.25) is 0 Å². The molecule has 32 heavy (non-hydrogen) atoms. The Morgan fingerprint density at radius 1 is 0.875 bits per heavy atom. The van der Waals surface area contributed by atoms with Gasteiger partial charge in [0.1, 0.15) is 17.4 Å². The van der Waals surface area contributed by atoms with Crippen LogP contribution in [0.1, 0.15) is 44.7 Å². The highest BCUT2D eigenvalue weighted by atomic mass is 16.5. The number of hydrogen-bond donors (Lipinski definition) is 6. The number of benzene rings is 1. The number of carbonyl (C=O) groups excluding carboxylic acids is 1. The Labute approximate surface area is 189 Å². The lowest BCUT2D eigenvalue weighted by molar-refractivity contribution is -0.163. The predicted molar refractivity (Wildman–Crippen MR) is 121 cm³/mol. The Morgan fingerprint density at radius 3 is 1.53 bits per heavy atom. The zero-order valence-electron chi connectivity index (χ0n) is 19.2. The van der Waals surface area contributed by atoms with Gasteiger partial charge in [0, 0.05) is 6.61 Å². The molecule has 9 heteroatoms. The van der Waals surface area contributed by atoms with E-state index in [2.05, 4.69) is 6.58 Å². The SMILES string of the molecule is C=Cc1ccc(COC(=O)C(CC)(CO)CO)cc1.CCC(CO)(CO)C(=O)O.CCO. The van der Waals surface area contributed by atoms with Crippen molar-refractivity contribution >= 4 is 18.0 Å². The summed E-state index contributed by atoms with van der Waals surface area (Å²) in [5.41, 5.74) is -0.718. The van der Waals surface area contributed by atoms with Gasteiger partial charge in [0.2, 0.25) is 0 Å². The van der Waals surface area contributed by atoms with Gasteiger partial charge in [-0.1, -0.05) is 50.8 Å². The zero-order valence-corrected chi connectivity index (χ0v) is 19.2. The number of carbonyl (C=O) groups is 2. The molecule has 1 rings (SSSR count). The third kappa shape index (κ3) is 9.88. The molecule has 0 aliphatic rings. The first-order valence-electron chi connectivity index (χ1n) is 10.3. The number of hydrogen-bond acceptors (Lipinski definition) is 8. The largest absolute Gasteiger partial charge is 0.481 e. The quantitative estimate of drug-likeness (QED) is 0.267. The van der Waals surface area contributed by atoms with Gasteiger partial charge >= 0.3 is 11.9 Å². The Hall–Kier alpha value is -2.30. The van der Waals surface area contributed by atoms with E-state index in [1.165, 1.54) is 0 Å². The fourth-order valence-corrected chi connectivity index (χ4v) is 2.16. The van der Waals surface area contributed by atoms with Crippen molar-refractivity contribution in [2.45, 2.75) is 40.2 Å². The van der Waals surface area contributed by atoms with Crippen molar-refractivity contribution in [1.82, 2.24) is 0 Å². The molecular weight excluding hydrogens is 420 g/mol. The van der Waals surface area contributed by atoms with Gasteiger partial charge < -0.3 is 35.4 Å². The molecule has 1 aromatic carbocycles. The van der Waals surface area contributed by atoms with Gasteiger partial charge in [-0.3, -0.25) is 9.59 Å². The van der Waals surface area contributed by atoms with Crippen molar-refractivity contribution in [2.24, 2.45) is 10.8 Å². The Kier molecular flexibility index (Phi) is 17.2. The number of carboxylic acid groups (broad SMARTS) is 1. The summed E-state index contributed by atoms with van der Waals surface area (Å²) < 4.78 is 5.15. The molecule has 0 aliphatic heterocycles. The summed E-state index contributed by atoms with van der Waals surface area (Å²) in [5, 5.41) is 51.8. The summed E-state index contributed by atoms with van der Waals surface area (Å²) >= 11 is 0. The molecule has 0 aromatic heterocycles. The van der Waals surface area contributed by atoms with Crippen molar-refractivity contribution in [2.75, 3.05) is 33.0 Å². The first-order chi connectivity index (χ1) is 15.2. The van der Waals surface area contributed by atoms with Crippen LogP contribution in [0.15, 0.2) is 30.8 Å². The average Bonchev–Trinajstić information content (AvgIpc) is 2.82. The van der Waals surface area contributed by atoms with Crippen LogP contribution in [0, 0.1) is 10.8 Å². The van der Waals surface area contributed by atoms with E-state index in [0.717, 1.165) is 11.1 Å². The van der Waals surface area contributed by atoms with Gasteiger partial charge in [0.15, 0.2) is 0 Å². The number of aliphatic carboxylic acids is 1.